The number of esters is 2. The highest BCUT2D eigenvalue weighted by Gasteiger charge is 2.03. The van der Waals surface area contributed by atoms with E-state index in [1.54, 1.807) is 12.1 Å². The molecule has 0 radical (unpaired) electrons. The van der Waals surface area contributed by atoms with Crippen LogP contribution in [0.1, 0.15) is 22.8 Å². The van der Waals surface area contributed by atoms with Gasteiger partial charge < -0.3 is 14.8 Å². The first kappa shape index (κ1) is 14.2. The molecule has 0 unspecified atom stereocenters. The zero-order valence-electron chi connectivity index (χ0n) is 10.6. The molecule has 5 heteroatoms. The van der Waals surface area contributed by atoms with Gasteiger partial charge in [-0.1, -0.05) is 12.1 Å². The Morgan fingerprint density at radius 3 is 2.44 bits per heavy atom. The van der Waals surface area contributed by atoms with Crippen LogP contribution in [0.3, 0.4) is 0 Å². The number of methoxy groups -OCH3 is 1. The molecule has 1 aromatic carbocycles. The van der Waals surface area contributed by atoms with E-state index in [1.165, 1.54) is 14.0 Å². The van der Waals surface area contributed by atoms with Crippen molar-refractivity contribution in [1.82, 2.24) is 5.32 Å². The zero-order valence-corrected chi connectivity index (χ0v) is 10.6. The van der Waals surface area contributed by atoms with Gasteiger partial charge in [0.25, 0.3) is 0 Å². The molecule has 1 rings (SSSR count). The summed E-state index contributed by atoms with van der Waals surface area (Å²) in [6.45, 7) is 2.99. The first-order valence-electron chi connectivity index (χ1n) is 5.65. The number of carbonyl (C=O) groups is 2. The summed E-state index contributed by atoms with van der Waals surface area (Å²) in [5.41, 5.74) is 1.58. The molecule has 0 aromatic heterocycles. The van der Waals surface area contributed by atoms with Gasteiger partial charge in [0.2, 0.25) is 0 Å². The minimum absolute atomic E-state index is 0.278. The Morgan fingerprint density at radius 2 is 1.89 bits per heavy atom. The average Bonchev–Trinajstić information content (AvgIpc) is 2.38. The fourth-order valence-corrected chi connectivity index (χ4v) is 1.38. The van der Waals surface area contributed by atoms with Crippen LogP contribution in [0.4, 0.5) is 0 Å². The van der Waals surface area contributed by atoms with Crippen LogP contribution >= 0.6 is 0 Å². The highest BCUT2D eigenvalue weighted by molar-refractivity contribution is 5.89. The third-order valence-corrected chi connectivity index (χ3v) is 2.29. The zero-order chi connectivity index (χ0) is 13.4. The van der Waals surface area contributed by atoms with Gasteiger partial charge >= 0.3 is 11.9 Å². The number of rotatable bonds is 6. The molecule has 0 aliphatic heterocycles. The maximum atomic E-state index is 11.2. The maximum Gasteiger partial charge on any atom is 0.337 e. The monoisotopic (exact) mass is 251 g/mol. The van der Waals surface area contributed by atoms with Gasteiger partial charge in [0.15, 0.2) is 0 Å². The van der Waals surface area contributed by atoms with Crippen LogP contribution in [-0.4, -0.2) is 32.2 Å². The smallest absolute Gasteiger partial charge is 0.337 e. The lowest BCUT2D eigenvalue weighted by molar-refractivity contribution is -0.140. The fraction of sp³-hybridized carbons (Fsp3) is 0.385. The standard InChI is InChI=1S/C13H17NO4/c1-10(15)18-8-7-14-9-11-3-5-12(6-4-11)13(16)17-2/h3-6,14H,7-9H2,1-2H3. The molecule has 0 heterocycles. The molecule has 0 saturated carbocycles. The van der Waals surface area contributed by atoms with Crippen LogP contribution < -0.4 is 5.32 Å². The van der Waals surface area contributed by atoms with Crippen LogP contribution in [0, 0.1) is 0 Å². The van der Waals surface area contributed by atoms with Crippen LogP contribution in [-0.2, 0) is 20.8 Å². The predicted octanol–water partition coefficient (Wildman–Crippen LogP) is 1.13. The number of hydrogen-bond donors (Lipinski definition) is 1. The molecule has 0 aliphatic rings. The van der Waals surface area contributed by atoms with Crippen molar-refractivity contribution in [3.63, 3.8) is 0 Å². The second-order valence-corrected chi connectivity index (χ2v) is 3.71. The second-order valence-electron chi connectivity index (χ2n) is 3.71. The summed E-state index contributed by atoms with van der Waals surface area (Å²) in [5.74, 6) is -0.622. The van der Waals surface area contributed by atoms with Crippen molar-refractivity contribution in [3.05, 3.63) is 35.4 Å². The van der Waals surface area contributed by atoms with Gasteiger partial charge in [-0.25, -0.2) is 4.79 Å². The van der Waals surface area contributed by atoms with E-state index in [4.69, 9.17) is 4.74 Å². The molecule has 0 amide bonds. The summed E-state index contributed by atoms with van der Waals surface area (Å²) in [6.07, 6.45) is 0. The average molecular weight is 251 g/mol. The Kier molecular flexibility index (Phi) is 5.87. The van der Waals surface area contributed by atoms with Crippen molar-refractivity contribution in [2.24, 2.45) is 0 Å². The molecule has 5 nitrogen and oxygen atoms in total. The van der Waals surface area contributed by atoms with Crippen LogP contribution in [0.5, 0.6) is 0 Å². The number of hydrogen-bond acceptors (Lipinski definition) is 5. The third kappa shape index (κ3) is 4.97. The highest BCUT2D eigenvalue weighted by Crippen LogP contribution is 2.05. The first-order chi connectivity index (χ1) is 8.63. The van der Waals surface area contributed by atoms with E-state index in [0.717, 1.165) is 5.56 Å². The summed E-state index contributed by atoms with van der Waals surface area (Å²) in [6, 6.07) is 7.14. The SMILES string of the molecule is COC(=O)c1ccc(CNCCOC(C)=O)cc1. The lowest BCUT2D eigenvalue weighted by atomic mass is 10.1. The molecular formula is C13H17NO4. The molecule has 18 heavy (non-hydrogen) atoms. The Hall–Kier alpha value is -1.88. The maximum absolute atomic E-state index is 11.2. The summed E-state index contributed by atoms with van der Waals surface area (Å²) in [5, 5.41) is 3.13. The third-order valence-electron chi connectivity index (χ3n) is 2.29. The van der Waals surface area contributed by atoms with Gasteiger partial charge in [-0.2, -0.15) is 0 Å². The Balaban J connectivity index is 2.31. The highest BCUT2D eigenvalue weighted by atomic mass is 16.5. The molecular weight excluding hydrogens is 234 g/mol. The minimum Gasteiger partial charge on any atom is -0.465 e. The normalized spacial score (nSPS) is 9.89. The summed E-state index contributed by atoms with van der Waals surface area (Å²) in [7, 11) is 1.35. The van der Waals surface area contributed by atoms with Crippen molar-refractivity contribution in [2.45, 2.75) is 13.5 Å². The summed E-state index contributed by atoms with van der Waals surface area (Å²) < 4.78 is 9.39. The second kappa shape index (κ2) is 7.45. The lowest BCUT2D eigenvalue weighted by Crippen LogP contribution is -2.20. The minimum atomic E-state index is -0.343. The van der Waals surface area contributed by atoms with Crippen molar-refractivity contribution < 1.29 is 19.1 Å². The van der Waals surface area contributed by atoms with Crippen molar-refractivity contribution in [3.8, 4) is 0 Å². The van der Waals surface area contributed by atoms with E-state index in [1.807, 2.05) is 12.1 Å². The van der Waals surface area contributed by atoms with E-state index in [-0.39, 0.29) is 11.9 Å². The van der Waals surface area contributed by atoms with Crippen molar-refractivity contribution in [2.75, 3.05) is 20.3 Å². The van der Waals surface area contributed by atoms with E-state index in [9.17, 15) is 9.59 Å². The quantitative estimate of drug-likeness (QED) is 0.606. The molecule has 0 aliphatic carbocycles. The molecule has 0 spiro atoms. The van der Waals surface area contributed by atoms with Gasteiger partial charge in [-0.15, -0.1) is 0 Å². The van der Waals surface area contributed by atoms with Gasteiger partial charge in [-0.05, 0) is 17.7 Å². The lowest BCUT2D eigenvalue weighted by Gasteiger charge is -2.06. The van der Waals surface area contributed by atoms with E-state index < -0.39 is 0 Å². The number of nitrogens with one attached hydrogen (secondary N) is 1. The number of ether oxygens (including phenoxy) is 2. The molecule has 0 fully saturated rings. The first-order valence-corrected chi connectivity index (χ1v) is 5.65. The largest absolute Gasteiger partial charge is 0.465 e. The fourth-order valence-electron chi connectivity index (χ4n) is 1.38. The topological polar surface area (TPSA) is 64.6 Å². The molecule has 0 atom stereocenters. The summed E-state index contributed by atoms with van der Waals surface area (Å²) in [4.78, 5) is 21.7. The Labute approximate surface area is 106 Å². The summed E-state index contributed by atoms with van der Waals surface area (Å²) >= 11 is 0. The molecule has 1 N–H and O–H groups in total. The predicted molar refractivity (Wildman–Crippen MR) is 66.1 cm³/mol. The molecule has 0 bridgehead atoms. The Morgan fingerprint density at radius 1 is 1.22 bits per heavy atom. The molecule has 98 valence electrons. The molecule has 0 saturated heterocycles. The van der Waals surface area contributed by atoms with E-state index >= 15 is 0 Å². The van der Waals surface area contributed by atoms with E-state index in [0.29, 0.717) is 25.3 Å². The Bertz CT molecular complexity index is 400. The van der Waals surface area contributed by atoms with Gasteiger partial charge in [0.05, 0.1) is 12.7 Å². The molecule has 1 aromatic rings. The van der Waals surface area contributed by atoms with Gasteiger partial charge in [0, 0.05) is 20.0 Å². The van der Waals surface area contributed by atoms with Gasteiger partial charge in [0.1, 0.15) is 6.61 Å². The van der Waals surface area contributed by atoms with Gasteiger partial charge in [-0.3, -0.25) is 4.79 Å². The van der Waals surface area contributed by atoms with Crippen molar-refractivity contribution in [1.29, 1.82) is 0 Å². The number of benzene rings is 1. The van der Waals surface area contributed by atoms with Crippen LogP contribution in [0.25, 0.3) is 0 Å². The van der Waals surface area contributed by atoms with Crippen LogP contribution in [0.2, 0.25) is 0 Å². The van der Waals surface area contributed by atoms with Crippen LogP contribution in [0.15, 0.2) is 24.3 Å². The number of carbonyl (C=O) groups excluding carboxylic acids is 2. The van der Waals surface area contributed by atoms with E-state index in [2.05, 4.69) is 10.1 Å². The van der Waals surface area contributed by atoms with Crippen molar-refractivity contribution >= 4 is 11.9 Å².